The minimum absolute atomic E-state index is 0.107. The Morgan fingerprint density at radius 2 is 2.05 bits per heavy atom. The Bertz CT molecular complexity index is 547. The lowest BCUT2D eigenvalue weighted by Crippen LogP contribution is -2.44. The summed E-state index contributed by atoms with van der Waals surface area (Å²) in [6.45, 7) is 0.397. The van der Waals surface area contributed by atoms with Gasteiger partial charge in [-0.3, -0.25) is 9.59 Å². The quantitative estimate of drug-likeness (QED) is 0.634. The van der Waals surface area contributed by atoms with E-state index in [4.69, 9.17) is 23.2 Å². The van der Waals surface area contributed by atoms with Crippen LogP contribution in [0.4, 0.5) is 0 Å². The molecule has 1 amide bonds. The monoisotopic (exact) mass is 313 g/mol. The standard InChI is InChI=1S/C14H13Cl2NO3/c15-10-1-2-12(13(16)6-10)14(20)9-3-4-17(8-19)11(5-9)7-18/h1-2,6-9,11H,3-5H2. The van der Waals surface area contributed by atoms with Crippen molar-refractivity contribution in [1.29, 1.82) is 0 Å². The molecule has 2 rings (SSSR count). The van der Waals surface area contributed by atoms with E-state index in [1.807, 2.05) is 0 Å². The van der Waals surface area contributed by atoms with Gasteiger partial charge in [0, 0.05) is 23.0 Å². The predicted molar refractivity (Wildman–Crippen MR) is 76.1 cm³/mol. The van der Waals surface area contributed by atoms with Gasteiger partial charge in [0.05, 0.1) is 11.1 Å². The summed E-state index contributed by atoms with van der Waals surface area (Å²) in [4.78, 5) is 35.7. The highest BCUT2D eigenvalue weighted by Gasteiger charge is 2.32. The Morgan fingerprint density at radius 1 is 1.30 bits per heavy atom. The number of aldehydes is 1. The van der Waals surface area contributed by atoms with E-state index >= 15 is 0 Å². The molecule has 0 radical (unpaired) electrons. The van der Waals surface area contributed by atoms with Crippen molar-refractivity contribution in [3.05, 3.63) is 33.8 Å². The molecule has 106 valence electrons. The van der Waals surface area contributed by atoms with Crippen LogP contribution in [0.2, 0.25) is 10.0 Å². The first-order valence-electron chi connectivity index (χ1n) is 6.22. The number of hydrogen-bond acceptors (Lipinski definition) is 3. The molecule has 0 aromatic heterocycles. The van der Waals surface area contributed by atoms with Crippen molar-refractivity contribution in [2.45, 2.75) is 18.9 Å². The Hall–Kier alpha value is -1.39. The van der Waals surface area contributed by atoms with Crippen LogP contribution in [0.1, 0.15) is 23.2 Å². The molecule has 0 aliphatic carbocycles. The highest BCUT2D eigenvalue weighted by Crippen LogP contribution is 2.29. The molecule has 2 atom stereocenters. The van der Waals surface area contributed by atoms with E-state index in [-0.39, 0.29) is 11.7 Å². The summed E-state index contributed by atoms with van der Waals surface area (Å²) >= 11 is 11.8. The zero-order valence-electron chi connectivity index (χ0n) is 10.6. The fourth-order valence-electron chi connectivity index (χ4n) is 2.43. The van der Waals surface area contributed by atoms with E-state index in [1.165, 1.54) is 11.0 Å². The molecule has 1 saturated heterocycles. The Morgan fingerprint density at radius 3 is 2.65 bits per heavy atom. The van der Waals surface area contributed by atoms with Crippen LogP contribution in [0.5, 0.6) is 0 Å². The molecular weight excluding hydrogens is 301 g/mol. The normalized spacial score (nSPS) is 22.4. The molecule has 1 aliphatic rings. The van der Waals surface area contributed by atoms with Gasteiger partial charge in [-0.15, -0.1) is 0 Å². The summed E-state index contributed by atoms with van der Waals surface area (Å²) in [6, 6.07) is 4.18. The van der Waals surface area contributed by atoms with Gasteiger partial charge < -0.3 is 9.69 Å². The van der Waals surface area contributed by atoms with E-state index in [0.717, 1.165) is 0 Å². The van der Waals surface area contributed by atoms with Gasteiger partial charge >= 0.3 is 0 Å². The number of piperidine rings is 1. The first-order valence-corrected chi connectivity index (χ1v) is 6.98. The second-order valence-corrected chi connectivity index (χ2v) is 5.60. The molecule has 1 fully saturated rings. The molecule has 0 N–H and O–H groups in total. The summed E-state index contributed by atoms with van der Waals surface area (Å²) in [5.41, 5.74) is 0.408. The van der Waals surface area contributed by atoms with Gasteiger partial charge in [0.25, 0.3) is 0 Å². The average molecular weight is 314 g/mol. The van der Waals surface area contributed by atoms with Gasteiger partial charge in [-0.1, -0.05) is 23.2 Å². The van der Waals surface area contributed by atoms with Gasteiger partial charge in [0.2, 0.25) is 6.41 Å². The molecule has 20 heavy (non-hydrogen) atoms. The van der Waals surface area contributed by atoms with Gasteiger partial charge in [0.1, 0.15) is 6.29 Å². The van der Waals surface area contributed by atoms with E-state index in [9.17, 15) is 14.4 Å². The number of ketones is 1. The molecule has 1 aromatic rings. The van der Waals surface area contributed by atoms with Crippen molar-refractivity contribution in [3.8, 4) is 0 Å². The van der Waals surface area contributed by atoms with Crippen molar-refractivity contribution in [2.24, 2.45) is 5.92 Å². The lowest BCUT2D eigenvalue weighted by Gasteiger charge is -2.33. The Kier molecular flexibility index (Phi) is 4.78. The summed E-state index contributed by atoms with van der Waals surface area (Å²) < 4.78 is 0. The van der Waals surface area contributed by atoms with Crippen molar-refractivity contribution in [3.63, 3.8) is 0 Å². The SMILES string of the molecule is O=CC1CC(C(=O)c2ccc(Cl)cc2Cl)CCN1C=O. The van der Waals surface area contributed by atoms with Crippen molar-refractivity contribution in [1.82, 2.24) is 4.90 Å². The van der Waals surface area contributed by atoms with Crippen LogP contribution in [0.3, 0.4) is 0 Å². The van der Waals surface area contributed by atoms with E-state index in [1.54, 1.807) is 12.1 Å². The zero-order valence-corrected chi connectivity index (χ0v) is 12.1. The third-order valence-electron chi connectivity index (χ3n) is 3.55. The fraction of sp³-hybridized carbons (Fsp3) is 0.357. The number of carbonyl (C=O) groups is 3. The lowest BCUT2D eigenvalue weighted by molar-refractivity contribution is -0.127. The summed E-state index contributed by atoms with van der Waals surface area (Å²) in [6.07, 6.45) is 2.22. The van der Waals surface area contributed by atoms with Gasteiger partial charge in [-0.2, -0.15) is 0 Å². The van der Waals surface area contributed by atoms with Crippen molar-refractivity contribution in [2.75, 3.05) is 6.54 Å². The molecule has 0 bridgehead atoms. The number of Topliss-reactive ketones (excluding diaryl/α,β-unsaturated/α-hetero) is 1. The number of rotatable bonds is 4. The second-order valence-electron chi connectivity index (χ2n) is 4.76. The van der Waals surface area contributed by atoms with Crippen LogP contribution in [0.25, 0.3) is 0 Å². The second kappa shape index (κ2) is 6.37. The number of hydrogen-bond donors (Lipinski definition) is 0. The van der Waals surface area contributed by atoms with Crippen LogP contribution in [0.15, 0.2) is 18.2 Å². The molecule has 6 heteroatoms. The minimum Gasteiger partial charge on any atom is -0.335 e. The van der Waals surface area contributed by atoms with Gasteiger partial charge in [-0.05, 0) is 31.0 Å². The van der Waals surface area contributed by atoms with E-state index in [2.05, 4.69) is 0 Å². The minimum atomic E-state index is -0.540. The first-order chi connectivity index (χ1) is 9.56. The lowest BCUT2D eigenvalue weighted by atomic mass is 9.85. The summed E-state index contributed by atoms with van der Waals surface area (Å²) in [5.74, 6) is -0.413. The zero-order chi connectivity index (χ0) is 14.7. The number of nitrogens with zero attached hydrogens (tertiary/aromatic N) is 1. The maximum atomic E-state index is 12.4. The number of carbonyl (C=O) groups excluding carboxylic acids is 3. The Balaban J connectivity index is 2.17. The first kappa shape index (κ1) is 15.0. The van der Waals surface area contributed by atoms with Gasteiger partial charge in [-0.25, -0.2) is 0 Å². The summed E-state index contributed by atoms with van der Waals surface area (Å²) in [5, 5.41) is 0.774. The molecule has 0 saturated carbocycles. The molecule has 0 spiro atoms. The van der Waals surface area contributed by atoms with Crippen molar-refractivity contribution >= 4 is 41.7 Å². The number of halogens is 2. The largest absolute Gasteiger partial charge is 0.335 e. The van der Waals surface area contributed by atoms with Crippen LogP contribution in [-0.4, -0.2) is 36.0 Å². The fourth-order valence-corrected chi connectivity index (χ4v) is 2.93. The molecule has 1 aliphatic heterocycles. The van der Waals surface area contributed by atoms with Gasteiger partial charge in [0.15, 0.2) is 5.78 Å². The van der Waals surface area contributed by atoms with Crippen molar-refractivity contribution < 1.29 is 14.4 Å². The highest BCUT2D eigenvalue weighted by molar-refractivity contribution is 6.36. The topological polar surface area (TPSA) is 54.5 Å². The summed E-state index contributed by atoms with van der Waals surface area (Å²) in [7, 11) is 0. The van der Waals surface area contributed by atoms with Crippen LogP contribution >= 0.6 is 23.2 Å². The third-order valence-corrected chi connectivity index (χ3v) is 4.10. The van der Waals surface area contributed by atoms with Crippen LogP contribution < -0.4 is 0 Å². The number of benzene rings is 1. The molecule has 4 nitrogen and oxygen atoms in total. The third kappa shape index (κ3) is 3.02. The molecule has 1 heterocycles. The van der Waals surface area contributed by atoms with E-state index < -0.39 is 6.04 Å². The van der Waals surface area contributed by atoms with E-state index in [0.29, 0.717) is 47.7 Å². The maximum absolute atomic E-state index is 12.4. The number of amides is 1. The predicted octanol–water partition coefficient (Wildman–Crippen LogP) is 2.61. The molecular formula is C14H13Cl2NO3. The maximum Gasteiger partial charge on any atom is 0.210 e. The Labute approximate surface area is 126 Å². The number of likely N-dealkylation sites (tertiary alicyclic amines) is 1. The smallest absolute Gasteiger partial charge is 0.210 e. The molecule has 1 aromatic carbocycles. The molecule has 2 unspecified atom stereocenters. The highest BCUT2D eigenvalue weighted by atomic mass is 35.5. The average Bonchev–Trinajstić information content (AvgIpc) is 2.45. The van der Waals surface area contributed by atoms with Crippen LogP contribution in [-0.2, 0) is 9.59 Å². The van der Waals surface area contributed by atoms with Crippen LogP contribution in [0, 0.1) is 5.92 Å².